The minimum atomic E-state index is 0. The first-order chi connectivity index (χ1) is 9.10. The van der Waals surface area contributed by atoms with Gasteiger partial charge >= 0.3 is 0 Å². The van der Waals surface area contributed by atoms with Crippen LogP contribution in [0.2, 0.25) is 0 Å². The number of methoxy groups -OCH3 is 1. The molecule has 0 spiro atoms. The SMILES string of the molecule is COc1cc(Br)ccc1CC(=O)N1CCCC(N)C1.Cl. The van der Waals surface area contributed by atoms with Crippen molar-refractivity contribution in [3.63, 3.8) is 0 Å². The molecule has 20 heavy (non-hydrogen) atoms. The lowest BCUT2D eigenvalue weighted by Crippen LogP contribution is -2.46. The molecule has 0 aromatic heterocycles. The molecule has 1 amide bonds. The van der Waals surface area contributed by atoms with Crippen molar-refractivity contribution in [2.24, 2.45) is 5.73 Å². The van der Waals surface area contributed by atoms with Crippen LogP contribution in [-0.4, -0.2) is 37.0 Å². The average molecular weight is 364 g/mol. The van der Waals surface area contributed by atoms with Gasteiger partial charge in [0.25, 0.3) is 0 Å². The summed E-state index contributed by atoms with van der Waals surface area (Å²) in [5.41, 5.74) is 6.82. The summed E-state index contributed by atoms with van der Waals surface area (Å²) >= 11 is 3.40. The van der Waals surface area contributed by atoms with Gasteiger partial charge in [0, 0.05) is 29.2 Å². The van der Waals surface area contributed by atoms with Gasteiger partial charge in [-0.25, -0.2) is 0 Å². The molecular formula is C14H20BrClN2O2. The lowest BCUT2D eigenvalue weighted by Gasteiger charge is -2.31. The molecule has 0 saturated carbocycles. The quantitative estimate of drug-likeness (QED) is 0.897. The number of amides is 1. The zero-order valence-corrected chi connectivity index (χ0v) is 13.9. The maximum Gasteiger partial charge on any atom is 0.227 e. The summed E-state index contributed by atoms with van der Waals surface area (Å²) < 4.78 is 6.26. The minimum absolute atomic E-state index is 0. The van der Waals surface area contributed by atoms with Gasteiger partial charge < -0.3 is 15.4 Å². The summed E-state index contributed by atoms with van der Waals surface area (Å²) in [6, 6.07) is 5.84. The number of carbonyl (C=O) groups is 1. The Kier molecular flexibility index (Phi) is 6.79. The third-order valence-electron chi connectivity index (χ3n) is 3.40. The Labute approximate surface area is 134 Å². The number of ether oxygens (including phenoxy) is 1. The highest BCUT2D eigenvalue weighted by Crippen LogP contribution is 2.24. The summed E-state index contributed by atoms with van der Waals surface area (Å²) in [7, 11) is 1.62. The first-order valence-corrected chi connectivity index (χ1v) is 7.25. The number of halogens is 2. The summed E-state index contributed by atoms with van der Waals surface area (Å²) in [4.78, 5) is 14.1. The topological polar surface area (TPSA) is 55.6 Å². The number of hydrogen-bond donors (Lipinski definition) is 1. The first kappa shape index (κ1) is 17.3. The van der Waals surface area contributed by atoms with Gasteiger partial charge in [-0.2, -0.15) is 0 Å². The molecule has 1 aromatic carbocycles. The fraction of sp³-hybridized carbons (Fsp3) is 0.500. The number of carbonyl (C=O) groups excluding carboxylic acids is 1. The third-order valence-corrected chi connectivity index (χ3v) is 3.89. The third kappa shape index (κ3) is 4.36. The van der Waals surface area contributed by atoms with E-state index in [1.165, 1.54) is 0 Å². The van der Waals surface area contributed by atoms with Crippen molar-refractivity contribution in [1.82, 2.24) is 4.90 Å². The van der Waals surface area contributed by atoms with E-state index in [1.54, 1.807) is 7.11 Å². The van der Waals surface area contributed by atoms with Gasteiger partial charge in [0.15, 0.2) is 0 Å². The van der Waals surface area contributed by atoms with Crippen molar-refractivity contribution in [2.45, 2.75) is 25.3 Å². The van der Waals surface area contributed by atoms with Crippen LogP contribution in [0.1, 0.15) is 18.4 Å². The molecule has 1 aliphatic heterocycles. The van der Waals surface area contributed by atoms with Crippen LogP contribution in [0.3, 0.4) is 0 Å². The standard InChI is InChI=1S/C14H19BrN2O2.ClH/c1-19-13-8-11(15)5-4-10(13)7-14(18)17-6-2-3-12(16)9-17;/h4-5,8,12H,2-3,6-7,9,16H2,1H3;1H. The molecule has 112 valence electrons. The van der Waals surface area contributed by atoms with Crippen molar-refractivity contribution in [3.05, 3.63) is 28.2 Å². The van der Waals surface area contributed by atoms with Crippen molar-refractivity contribution in [1.29, 1.82) is 0 Å². The normalized spacial score (nSPS) is 18.4. The molecule has 1 atom stereocenters. The molecule has 1 aliphatic rings. The number of likely N-dealkylation sites (tertiary alicyclic amines) is 1. The summed E-state index contributed by atoms with van der Waals surface area (Å²) in [6.45, 7) is 1.48. The van der Waals surface area contributed by atoms with E-state index in [2.05, 4.69) is 15.9 Å². The lowest BCUT2D eigenvalue weighted by molar-refractivity contribution is -0.131. The summed E-state index contributed by atoms with van der Waals surface area (Å²) in [5.74, 6) is 0.861. The van der Waals surface area contributed by atoms with Crippen LogP contribution in [0.15, 0.2) is 22.7 Å². The Bertz CT molecular complexity index is 470. The monoisotopic (exact) mass is 362 g/mol. The minimum Gasteiger partial charge on any atom is -0.496 e. The number of nitrogens with zero attached hydrogens (tertiary/aromatic N) is 1. The molecule has 1 unspecified atom stereocenters. The molecule has 6 heteroatoms. The van der Waals surface area contributed by atoms with Crippen molar-refractivity contribution < 1.29 is 9.53 Å². The van der Waals surface area contributed by atoms with Gasteiger partial charge in [-0.05, 0) is 25.0 Å². The second-order valence-electron chi connectivity index (χ2n) is 4.88. The Hall–Kier alpha value is -0.780. The van der Waals surface area contributed by atoms with Crippen molar-refractivity contribution >= 4 is 34.2 Å². The highest BCUT2D eigenvalue weighted by molar-refractivity contribution is 9.10. The van der Waals surface area contributed by atoms with E-state index in [-0.39, 0.29) is 24.4 Å². The fourth-order valence-corrected chi connectivity index (χ4v) is 2.72. The predicted octanol–water partition coefficient (Wildman–Crippen LogP) is 2.37. The lowest BCUT2D eigenvalue weighted by atomic mass is 10.0. The molecular weight excluding hydrogens is 344 g/mol. The second kappa shape index (κ2) is 7.86. The van der Waals surface area contributed by atoms with Gasteiger partial charge in [0.1, 0.15) is 5.75 Å². The van der Waals surface area contributed by atoms with Crippen LogP contribution < -0.4 is 10.5 Å². The Morgan fingerprint density at radius 1 is 1.55 bits per heavy atom. The number of nitrogens with two attached hydrogens (primary N) is 1. The van der Waals surface area contributed by atoms with Crippen LogP contribution in [0, 0.1) is 0 Å². The van der Waals surface area contributed by atoms with Gasteiger partial charge in [-0.3, -0.25) is 4.79 Å². The van der Waals surface area contributed by atoms with Crippen LogP contribution in [-0.2, 0) is 11.2 Å². The fourth-order valence-electron chi connectivity index (χ4n) is 2.38. The molecule has 1 fully saturated rings. The zero-order chi connectivity index (χ0) is 13.8. The second-order valence-corrected chi connectivity index (χ2v) is 5.79. The predicted molar refractivity (Wildman–Crippen MR) is 85.4 cm³/mol. The number of piperidine rings is 1. The van der Waals surface area contributed by atoms with Crippen molar-refractivity contribution in [3.8, 4) is 5.75 Å². The van der Waals surface area contributed by atoms with E-state index >= 15 is 0 Å². The molecule has 4 nitrogen and oxygen atoms in total. The Morgan fingerprint density at radius 2 is 2.30 bits per heavy atom. The van der Waals surface area contributed by atoms with E-state index in [0.29, 0.717) is 13.0 Å². The van der Waals surface area contributed by atoms with Crippen LogP contribution in [0.25, 0.3) is 0 Å². The Balaban J connectivity index is 0.00000200. The van der Waals surface area contributed by atoms with Gasteiger partial charge in [-0.1, -0.05) is 22.0 Å². The van der Waals surface area contributed by atoms with Crippen LogP contribution >= 0.6 is 28.3 Å². The smallest absolute Gasteiger partial charge is 0.227 e. The largest absolute Gasteiger partial charge is 0.496 e. The van der Waals surface area contributed by atoms with Gasteiger partial charge in [0.05, 0.1) is 13.5 Å². The molecule has 2 rings (SSSR count). The highest BCUT2D eigenvalue weighted by atomic mass is 79.9. The molecule has 1 saturated heterocycles. The van der Waals surface area contributed by atoms with E-state index in [4.69, 9.17) is 10.5 Å². The number of benzene rings is 1. The highest BCUT2D eigenvalue weighted by Gasteiger charge is 2.22. The van der Waals surface area contributed by atoms with Crippen LogP contribution in [0.5, 0.6) is 5.75 Å². The van der Waals surface area contributed by atoms with E-state index in [1.807, 2.05) is 23.1 Å². The average Bonchev–Trinajstić information content (AvgIpc) is 2.40. The van der Waals surface area contributed by atoms with E-state index < -0.39 is 0 Å². The van der Waals surface area contributed by atoms with Crippen LogP contribution in [0.4, 0.5) is 0 Å². The molecule has 1 aromatic rings. The summed E-state index contributed by atoms with van der Waals surface area (Å²) in [6.07, 6.45) is 2.36. The van der Waals surface area contributed by atoms with Gasteiger partial charge in [0.2, 0.25) is 5.91 Å². The maximum atomic E-state index is 12.3. The number of hydrogen-bond acceptors (Lipinski definition) is 3. The van der Waals surface area contributed by atoms with Crippen molar-refractivity contribution in [2.75, 3.05) is 20.2 Å². The molecule has 0 aliphatic carbocycles. The van der Waals surface area contributed by atoms with E-state index in [0.717, 1.165) is 35.2 Å². The number of rotatable bonds is 3. The molecule has 1 heterocycles. The maximum absolute atomic E-state index is 12.3. The first-order valence-electron chi connectivity index (χ1n) is 6.46. The summed E-state index contributed by atoms with van der Waals surface area (Å²) in [5, 5.41) is 0. The van der Waals surface area contributed by atoms with E-state index in [9.17, 15) is 4.79 Å². The molecule has 0 radical (unpaired) electrons. The molecule has 2 N–H and O–H groups in total. The Morgan fingerprint density at radius 3 is 2.95 bits per heavy atom. The van der Waals surface area contributed by atoms with Gasteiger partial charge in [-0.15, -0.1) is 12.4 Å². The zero-order valence-electron chi connectivity index (χ0n) is 11.5. The molecule has 0 bridgehead atoms.